The van der Waals surface area contributed by atoms with Gasteiger partial charge in [-0.2, -0.15) is 0 Å². The van der Waals surface area contributed by atoms with Gasteiger partial charge in [0.25, 0.3) is 0 Å². The Labute approximate surface area is 282 Å². The van der Waals surface area contributed by atoms with Gasteiger partial charge in [-0.1, -0.05) is 0 Å². The van der Waals surface area contributed by atoms with Crippen molar-refractivity contribution >= 4 is 11.0 Å². The van der Waals surface area contributed by atoms with Crippen molar-refractivity contribution in [3.05, 3.63) is 58.3 Å². The fourth-order valence-electron chi connectivity index (χ4n) is 6.17. The number of hydrogen-bond donors (Lipinski definition) is 11. The molecule has 18 heteroatoms. The third-order valence-corrected chi connectivity index (χ3v) is 9.06. The second kappa shape index (κ2) is 14.7. The fourth-order valence-corrected chi connectivity index (χ4v) is 6.17. The minimum absolute atomic E-state index is 0.0638. The average Bonchev–Trinajstić information content (AvgIpc) is 3.11. The van der Waals surface area contributed by atoms with Crippen LogP contribution in [0.2, 0.25) is 0 Å². The van der Waals surface area contributed by atoms with Crippen molar-refractivity contribution in [3.8, 4) is 22.8 Å². The second-order valence-electron chi connectivity index (χ2n) is 12.3. The second-order valence-corrected chi connectivity index (χ2v) is 12.3. The molecule has 14 atom stereocenters. The molecule has 50 heavy (non-hydrogen) atoms. The van der Waals surface area contributed by atoms with Crippen LogP contribution in [0.15, 0.2) is 51.7 Å². The van der Waals surface area contributed by atoms with Gasteiger partial charge in [0.2, 0.25) is 6.29 Å². The summed E-state index contributed by atoms with van der Waals surface area (Å²) >= 11 is 0. The Kier molecular flexibility index (Phi) is 10.8. The van der Waals surface area contributed by atoms with E-state index in [0.29, 0.717) is 5.56 Å². The molecule has 11 N–H and O–H groups in total. The van der Waals surface area contributed by atoms with Gasteiger partial charge in [0.15, 0.2) is 11.7 Å². The first-order valence-corrected chi connectivity index (χ1v) is 15.7. The SMILES string of the molecule is O=c1cc(-c2ccc(OC3OC(CO)C(O)C(O)C3O)cc2)oc2ccc(C3OC(CO)C(O)C(O)C3OC3OCC(O)C(O)C3O)c(O)c12. The fraction of sp³-hybridized carbons (Fsp3) is 0.531. The Hall–Kier alpha value is -3.31. The molecule has 0 aliphatic carbocycles. The van der Waals surface area contributed by atoms with E-state index >= 15 is 0 Å². The summed E-state index contributed by atoms with van der Waals surface area (Å²) in [5.74, 6) is -0.393. The summed E-state index contributed by atoms with van der Waals surface area (Å²) in [6.45, 7) is -1.81. The number of benzene rings is 2. The van der Waals surface area contributed by atoms with Crippen LogP contribution in [0.1, 0.15) is 11.7 Å². The number of phenols is 1. The largest absolute Gasteiger partial charge is 0.507 e. The summed E-state index contributed by atoms with van der Waals surface area (Å²) in [5, 5.41) is 112. The van der Waals surface area contributed by atoms with Gasteiger partial charge in [-0.3, -0.25) is 4.79 Å². The predicted molar refractivity (Wildman–Crippen MR) is 163 cm³/mol. The molecule has 0 bridgehead atoms. The molecule has 1 aromatic heterocycles. The minimum atomic E-state index is -1.78. The monoisotopic (exact) mass is 710 g/mol. The third kappa shape index (κ3) is 6.72. The van der Waals surface area contributed by atoms with Gasteiger partial charge in [-0.05, 0) is 36.4 Å². The number of fused-ring (bicyclic) bond motifs is 1. The highest BCUT2D eigenvalue weighted by molar-refractivity contribution is 5.86. The molecule has 3 fully saturated rings. The van der Waals surface area contributed by atoms with E-state index in [0.717, 1.165) is 6.07 Å². The van der Waals surface area contributed by atoms with E-state index in [4.69, 9.17) is 28.1 Å². The van der Waals surface area contributed by atoms with Crippen LogP contribution in [-0.4, -0.2) is 156 Å². The number of aliphatic hydroxyl groups is 10. The van der Waals surface area contributed by atoms with Crippen molar-refractivity contribution in [1.82, 2.24) is 0 Å². The molecule has 0 radical (unpaired) electrons. The molecule has 14 unspecified atom stereocenters. The van der Waals surface area contributed by atoms with Crippen LogP contribution in [0.3, 0.4) is 0 Å². The molecular formula is C32H38O18. The lowest BCUT2D eigenvalue weighted by atomic mass is 9.89. The Morgan fingerprint density at radius 3 is 2.04 bits per heavy atom. The van der Waals surface area contributed by atoms with Crippen molar-refractivity contribution in [2.24, 2.45) is 0 Å². The van der Waals surface area contributed by atoms with Gasteiger partial charge in [0.05, 0.1) is 19.8 Å². The van der Waals surface area contributed by atoms with Crippen LogP contribution in [0, 0.1) is 0 Å². The van der Waals surface area contributed by atoms with Gasteiger partial charge in [0, 0.05) is 17.2 Å². The lowest BCUT2D eigenvalue weighted by Crippen LogP contribution is -2.60. The zero-order valence-corrected chi connectivity index (χ0v) is 26.0. The van der Waals surface area contributed by atoms with E-state index in [1.54, 1.807) is 0 Å². The molecule has 3 aliphatic rings. The molecule has 0 amide bonds. The van der Waals surface area contributed by atoms with Crippen molar-refractivity contribution in [1.29, 1.82) is 0 Å². The third-order valence-electron chi connectivity index (χ3n) is 9.06. The number of rotatable bonds is 8. The summed E-state index contributed by atoms with van der Waals surface area (Å²) in [4.78, 5) is 13.4. The van der Waals surface area contributed by atoms with Crippen molar-refractivity contribution < 1.29 is 84.3 Å². The van der Waals surface area contributed by atoms with Crippen LogP contribution in [-0.2, 0) is 18.9 Å². The summed E-state index contributed by atoms with van der Waals surface area (Å²) < 4.78 is 33.7. The summed E-state index contributed by atoms with van der Waals surface area (Å²) in [6.07, 6.45) is -21.8. The Morgan fingerprint density at radius 1 is 0.720 bits per heavy atom. The highest BCUT2D eigenvalue weighted by Gasteiger charge is 2.50. The zero-order chi connectivity index (χ0) is 36.0. The van der Waals surface area contributed by atoms with Crippen molar-refractivity contribution in [2.75, 3.05) is 19.8 Å². The number of hydrogen-bond acceptors (Lipinski definition) is 18. The number of ether oxygens (including phenoxy) is 5. The normalized spacial score (nSPS) is 37.9. The Bertz CT molecular complexity index is 1680. The first-order chi connectivity index (χ1) is 23.8. The molecule has 0 saturated carbocycles. The van der Waals surface area contributed by atoms with E-state index in [1.807, 2.05) is 0 Å². The van der Waals surface area contributed by atoms with Crippen LogP contribution in [0.5, 0.6) is 11.5 Å². The molecule has 18 nitrogen and oxygen atoms in total. The first kappa shape index (κ1) is 36.5. The number of aliphatic hydroxyl groups excluding tert-OH is 10. The molecule has 2 aromatic carbocycles. The van der Waals surface area contributed by atoms with Crippen molar-refractivity contribution in [3.63, 3.8) is 0 Å². The van der Waals surface area contributed by atoms with Crippen LogP contribution >= 0.6 is 0 Å². The first-order valence-electron chi connectivity index (χ1n) is 15.7. The highest BCUT2D eigenvalue weighted by Crippen LogP contribution is 2.42. The highest BCUT2D eigenvalue weighted by atomic mass is 16.7. The van der Waals surface area contributed by atoms with Gasteiger partial charge in [-0.15, -0.1) is 0 Å². The van der Waals surface area contributed by atoms with Gasteiger partial charge in [-0.25, -0.2) is 0 Å². The van der Waals surface area contributed by atoms with Crippen LogP contribution in [0.25, 0.3) is 22.3 Å². The smallest absolute Gasteiger partial charge is 0.229 e. The lowest BCUT2D eigenvalue weighted by molar-refractivity contribution is -0.325. The molecule has 6 rings (SSSR count). The minimum Gasteiger partial charge on any atom is -0.507 e. The van der Waals surface area contributed by atoms with E-state index in [-0.39, 0.29) is 28.0 Å². The molecule has 0 spiro atoms. The van der Waals surface area contributed by atoms with Gasteiger partial charge in [0.1, 0.15) is 101 Å². The standard InChI is InChI=1S/C32H38O18/c33-8-18-24(40)26(42)30(50-31-27(43)22(38)15(36)10-45-31)29(48-18)13-5-6-16-20(21(13)37)14(35)7-17(47-16)11-1-3-12(4-2-11)46-32-28(44)25(41)23(39)19(9-34)49-32/h1-7,15,18-19,22-34,36-44H,8-10H2. The Morgan fingerprint density at radius 2 is 1.36 bits per heavy atom. The van der Waals surface area contributed by atoms with E-state index in [2.05, 4.69) is 0 Å². The number of phenolic OH excluding ortho intramolecular Hbond substituents is 1. The maximum absolute atomic E-state index is 13.4. The van der Waals surface area contributed by atoms with Crippen LogP contribution < -0.4 is 10.2 Å². The summed E-state index contributed by atoms with van der Waals surface area (Å²) in [5.41, 5.74) is -0.490. The summed E-state index contributed by atoms with van der Waals surface area (Å²) in [6, 6.07) is 9.66. The van der Waals surface area contributed by atoms with Gasteiger partial charge < -0.3 is 84.3 Å². The zero-order valence-electron chi connectivity index (χ0n) is 26.0. The molecule has 3 aliphatic heterocycles. The molecule has 3 aromatic rings. The van der Waals surface area contributed by atoms with Crippen LogP contribution in [0.4, 0.5) is 0 Å². The maximum Gasteiger partial charge on any atom is 0.229 e. The number of aromatic hydroxyl groups is 1. The summed E-state index contributed by atoms with van der Waals surface area (Å²) in [7, 11) is 0. The predicted octanol–water partition coefficient (Wildman–Crippen LogP) is -3.68. The molecule has 3 saturated heterocycles. The quantitative estimate of drug-likeness (QED) is 0.107. The van der Waals surface area contributed by atoms with E-state index < -0.39 is 117 Å². The topological polar surface area (TPSA) is 299 Å². The Balaban J connectivity index is 1.26. The van der Waals surface area contributed by atoms with Crippen molar-refractivity contribution in [2.45, 2.75) is 85.8 Å². The lowest BCUT2D eigenvalue weighted by Gasteiger charge is -2.45. The molecular weight excluding hydrogens is 672 g/mol. The van der Waals surface area contributed by atoms with E-state index in [1.165, 1.54) is 36.4 Å². The maximum atomic E-state index is 13.4. The molecule has 4 heterocycles. The van der Waals surface area contributed by atoms with E-state index in [9.17, 15) is 61.0 Å². The van der Waals surface area contributed by atoms with Gasteiger partial charge >= 0.3 is 0 Å². The average molecular weight is 711 g/mol. The molecule has 274 valence electrons.